The highest BCUT2D eigenvalue weighted by atomic mass is 19.1. The lowest BCUT2D eigenvalue weighted by atomic mass is 9.94. The number of carbonyl (C=O) groups is 1. The Hall–Kier alpha value is -3.95. The third-order valence-electron chi connectivity index (χ3n) is 10.0. The lowest BCUT2D eigenvalue weighted by Gasteiger charge is -2.29. The molecule has 0 radical (unpaired) electrons. The molecule has 3 atom stereocenters. The molecule has 2 N–H and O–H groups in total. The van der Waals surface area contributed by atoms with Crippen LogP contribution in [0.15, 0.2) is 53.5 Å². The number of ether oxygens (including phenoxy) is 1. The topological polar surface area (TPSA) is 78.8 Å². The highest BCUT2D eigenvalue weighted by Crippen LogP contribution is 2.48. The Labute approximate surface area is 249 Å². The normalized spacial score (nSPS) is 22.9. The summed E-state index contributed by atoms with van der Waals surface area (Å²) < 4.78 is 24.6. The van der Waals surface area contributed by atoms with Gasteiger partial charge in [-0.15, -0.1) is 0 Å². The van der Waals surface area contributed by atoms with E-state index in [1.54, 1.807) is 6.20 Å². The number of likely N-dealkylation sites (tertiary alicyclic amines) is 1. The lowest BCUT2D eigenvalue weighted by molar-refractivity contribution is 0.0946. The molecule has 222 valence electrons. The van der Waals surface area contributed by atoms with Gasteiger partial charge < -0.3 is 24.8 Å². The molecular weight excluding hydrogens is 545 g/mol. The smallest absolute Gasteiger partial charge is 0.256 e. The summed E-state index contributed by atoms with van der Waals surface area (Å²) in [4.78, 5) is 31.8. The van der Waals surface area contributed by atoms with Crippen LogP contribution in [0.3, 0.4) is 0 Å². The summed E-state index contributed by atoms with van der Waals surface area (Å²) in [6.45, 7) is 6.76. The van der Waals surface area contributed by atoms with Crippen molar-refractivity contribution < 1.29 is 13.9 Å². The molecule has 43 heavy (non-hydrogen) atoms. The van der Waals surface area contributed by atoms with Crippen LogP contribution in [0.25, 0.3) is 27.4 Å². The molecule has 0 bridgehead atoms. The van der Waals surface area contributed by atoms with Crippen LogP contribution in [0, 0.1) is 11.7 Å². The third-order valence-corrected chi connectivity index (χ3v) is 10.0. The van der Waals surface area contributed by atoms with E-state index in [1.807, 2.05) is 41.0 Å². The van der Waals surface area contributed by atoms with Gasteiger partial charge in [-0.2, -0.15) is 0 Å². The molecule has 1 amide bonds. The molecule has 0 aliphatic carbocycles. The number of aromatic nitrogens is 1. The number of hydrogen-bond acceptors (Lipinski definition) is 6. The van der Waals surface area contributed by atoms with Crippen LogP contribution in [0.5, 0.6) is 11.5 Å². The van der Waals surface area contributed by atoms with Crippen molar-refractivity contribution in [1.82, 2.24) is 20.1 Å². The van der Waals surface area contributed by atoms with Gasteiger partial charge in [-0.1, -0.05) is 24.3 Å². The SMILES string of the molecule is CC1CCCN1CCNC(=O)c1cn2c3c(c(N4CC5CCCNC5C4)c(F)cc3c1=O)Oc1cc3ccccc3cc1-2. The van der Waals surface area contributed by atoms with Crippen molar-refractivity contribution in [1.29, 1.82) is 0 Å². The number of piperidine rings is 1. The molecule has 3 unspecified atom stereocenters. The van der Waals surface area contributed by atoms with Crippen molar-refractivity contribution in [3.63, 3.8) is 0 Å². The van der Waals surface area contributed by atoms with Gasteiger partial charge in [0.05, 0.1) is 11.1 Å². The van der Waals surface area contributed by atoms with Crippen LogP contribution in [-0.2, 0) is 0 Å². The first-order chi connectivity index (χ1) is 21.0. The van der Waals surface area contributed by atoms with E-state index in [2.05, 4.69) is 27.4 Å². The van der Waals surface area contributed by atoms with Gasteiger partial charge in [-0.3, -0.25) is 14.5 Å². The van der Waals surface area contributed by atoms with E-state index in [0.29, 0.717) is 59.5 Å². The molecule has 5 heterocycles. The van der Waals surface area contributed by atoms with Crippen molar-refractivity contribution in [2.24, 2.45) is 5.92 Å². The van der Waals surface area contributed by atoms with Crippen LogP contribution in [0.1, 0.15) is 43.0 Å². The number of amides is 1. The van der Waals surface area contributed by atoms with Gasteiger partial charge in [0.15, 0.2) is 17.3 Å². The maximum Gasteiger partial charge on any atom is 0.256 e. The summed E-state index contributed by atoms with van der Waals surface area (Å²) in [5, 5.41) is 8.69. The number of nitrogens with zero attached hydrogens (tertiary/aromatic N) is 3. The van der Waals surface area contributed by atoms with Crippen LogP contribution in [0.2, 0.25) is 0 Å². The van der Waals surface area contributed by atoms with Gasteiger partial charge in [-0.25, -0.2) is 4.39 Å². The first kappa shape index (κ1) is 26.7. The van der Waals surface area contributed by atoms with Crippen LogP contribution < -0.4 is 25.7 Å². The molecular formula is C34H36FN5O3. The highest BCUT2D eigenvalue weighted by Gasteiger charge is 2.38. The van der Waals surface area contributed by atoms with E-state index in [1.165, 1.54) is 6.07 Å². The van der Waals surface area contributed by atoms with E-state index < -0.39 is 17.2 Å². The second-order valence-corrected chi connectivity index (χ2v) is 12.6. The van der Waals surface area contributed by atoms with Gasteiger partial charge >= 0.3 is 0 Å². The Bertz CT molecular complexity index is 1820. The summed E-state index contributed by atoms with van der Waals surface area (Å²) in [6, 6.07) is 14.0. The quantitative estimate of drug-likeness (QED) is 0.311. The van der Waals surface area contributed by atoms with E-state index >= 15 is 4.39 Å². The minimum Gasteiger partial charge on any atom is -0.451 e. The monoisotopic (exact) mass is 581 g/mol. The zero-order chi connectivity index (χ0) is 29.2. The average Bonchev–Trinajstić information content (AvgIpc) is 3.62. The number of hydrogen-bond donors (Lipinski definition) is 2. The molecule has 4 aromatic rings. The van der Waals surface area contributed by atoms with Crippen molar-refractivity contribution in [3.8, 4) is 17.2 Å². The number of pyridine rings is 1. The molecule has 3 aromatic carbocycles. The first-order valence-corrected chi connectivity index (χ1v) is 15.6. The Kier molecular flexibility index (Phi) is 6.42. The Morgan fingerprint density at radius 3 is 2.74 bits per heavy atom. The maximum atomic E-state index is 16.2. The molecule has 8 rings (SSSR count). The molecule has 4 aliphatic heterocycles. The zero-order valence-corrected chi connectivity index (χ0v) is 24.4. The standard InChI is InChI=1S/C34H36FN5O3/c1-20-6-5-12-38(20)13-11-37-34(42)25-18-40-28-14-21-7-2-3-8-22(21)15-29(28)43-33-30(40)24(32(25)41)16-26(35)31(33)39-17-23-9-4-10-36-27(23)19-39/h2-3,7-8,14-16,18,20,23,27,36H,4-6,9-13,17,19H2,1H3,(H,37,42). The Morgan fingerprint density at radius 1 is 1.12 bits per heavy atom. The summed E-state index contributed by atoms with van der Waals surface area (Å²) in [7, 11) is 0. The molecule has 0 spiro atoms. The van der Waals surface area contributed by atoms with Crippen molar-refractivity contribution in [2.45, 2.75) is 44.7 Å². The van der Waals surface area contributed by atoms with E-state index in [9.17, 15) is 9.59 Å². The fourth-order valence-electron chi connectivity index (χ4n) is 7.71. The summed E-state index contributed by atoms with van der Waals surface area (Å²) in [5.74, 6) is 0.384. The molecule has 0 saturated carbocycles. The fourth-order valence-corrected chi connectivity index (χ4v) is 7.71. The highest BCUT2D eigenvalue weighted by molar-refractivity contribution is 6.02. The Morgan fingerprint density at radius 2 is 1.95 bits per heavy atom. The second-order valence-electron chi connectivity index (χ2n) is 12.6. The summed E-state index contributed by atoms with van der Waals surface area (Å²) in [6.07, 6.45) is 6.15. The van der Waals surface area contributed by atoms with Gasteiger partial charge in [0.1, 0.15) is 16.8 Å². The van der Waals surface area contributed by atoms with Gasteiger partial charge in [-0.05, 0) is 80.6 Å². The van der Waals surface area contributed by atoms with E-state index in [-0.39, 0.29) is 10.9 Å². The number of fused-ring (bicyclic) bond motifs is 4. The zero-order valence-electron chi connectivity index (χ0n) is 24.4. The number of anilines is 1. The Balaban J connectivity index is 1.26. The first-order valence-electron chi connectivity index (χ1n) is 15.6. The molecule has 8 nitrogen and oxygen atoms in total. The summed E-state index contributed by atoms with van der Waals surface area (Å²) in [5.41, 5.74) is 1.10. The van der Waals surface area contributed by atoms with Crippen LogP contribution >= 0.6 is 0 Å². The van der Waals surface area contributed by atoms with E-state index in [0.717, 1.165) is 62.6 Å². The maximum absolute atomic E-state index is 16.2. The lowest BCUT2D eigenvalue weighted by Crippen LogP contribution is -2.40. The van der Waals surface area contributed by atoms with Crippen molar-refractivity contribution in [3.05, 3.63) is 70.3 Å². The molecule has 3 saturated heterocycles. The minimum atomic E-state index is -0.505. The summed E-state index contributed by atoms with van der Waals surface area (Å²) >= 11 is 0. The molecule has 4 aliphatic rings. The van der Waals surface area contributed by atoms with Crippen LogP contribution in [0.4, 0.5) is 10.1 Å². The third kappa shape index (κ3) is 4.40. The van der Waals surface area contributed by atoms with Gasteiger partial charge in [0, 0.05) is 44.5 Å². The fraction of sp³-hybridized carbons (Fsp3) is 0.412. The number of carbonyl (C=O) groups excluding carboxylic acids is 1. The largest absolute Gasteiger partial charge is 0.451 e. The van der Waals surface area contributed by atoms with E-state index in [4.69, 9.17) is 4.74 Å². The molecule has 9 heteroatoms. The molecule has 3 fully saturated rings. The minimum absolute atomic E-state index is 0.00234. The van der Waals surface area contributed by atoms with Gasteiger partial charge in [0.25, 0.3) is 5.91 Å². The predicted octanol–water partition coefficient (Wildman–Crippen LogP) is 4.79. The van der Waals surface area contributed by atoms with Crippen LogP contribution in [-0.4, -0.2) is 66.7 Å². The second kappa shape index (κ2) is 10.3. The number of halogens is 1. The predicted molar refractivity (Wildman–Crippen MR) is 166 cm³/mol. The number of nitrogens with one attached hydrogen (secondary N) is 2. The van der Waals surface area contributed by atoms with Gasteiger partial charge in [0.2, 0.25) is 5.43 Å². The average molecular weight is 582 g/mol. The van der Waals surface area contributed by atoms with Crippen molar-refractivity contribution >= 4 is 33.3 Å². The number of benzene rings is 3. The van der Waals surface area contributed by atoms with Crippen molar-refractivity contribution in [2.75, 3.05) is 44.2 Å². The molecule has 1 aromatic heterocycles. The number of rotatable bonds is 5.